The van der Waals surface area contributed by atoms with E-state index >= 15 is 0 Å². The van der Waals surface area contributed by atoms with Crippen LogP contribution in [-0.4, -0.2) is 64.2 Å². The Morgan fingerprint density at radius 1 is 0.692 bits per heavy atom. The van der Waals surface area contributed by atoms with Crippen LogP contribution in [-0.2, 0) is 0 Å². The molecule has 0 aromatic carbocycles. The first-order chi connectivity index (χ1) is 3.83. The molecule has 0 amide bonds. The van der Waals surface area contributed by atoms with Crippen LogP contribution in [0.15, 0.2) is 0 Å². The quantitative estimate of drug-likeness (QED) is 0.579. The van der Waals surface area contributed by atoms with Gasteiger partial charge < -0.3 is 16.4 Å². The number of unbranched alkanes of at least 4 members (excludes halogenated alkanes) is 2. The second-order valence-electron chi connectivity index (χ2n) is 1.71. The molecule has 0 aliphatic carbocycles. The molecule has 82 valence electrons. The average molecular weight is 406 g/mol. The van der Waals surface area contributed by atoms with Crippen LogP contribution in [0.1, 0.15) is 39.5 Å². The van der Waals surface area contributed by atoms with Gasteiger partial charge in [-0.3, -0.25) is 0 Å². The van der Waals surface area contributed by atoms with Crippen molar-refractivity contribution in [2.45, 2.75) is 39.5 Å². The number of hydrogen-bond donors (Lipinski definition) is 0. The Morgan fingerprint density at radius 2 is 0.769 bits per heavy atom. The van der Waals surface area contributed by atoms with Crippen LogP contribution >= 0.6 is 0 Å². The summed E-state index contributed by atoms with van der Waals surface area (Å²) in [5.74, 6) is 0. The molecular formula is C8H24O3Sn2. The number of rotatable bonds is 2. The van der Waals surface area contributed by atoms with E-state index in [1.54, 1.807) is 0 Å². The van der Waals surface area contributed by atoms with Crippen LogP contribution in [0, 0.1) is 13.8 Å². The van der Waals surface area contributed by atoms with Gasteiger partial charge in [-0.2, -0.15) is 0 Å². The molecule has 0 unspecified atom stereocenters. The fourth-order valence-electron chi connectivity index (χ4n) is 0. The summed E-state index contributed by atoms with van der Waals surface area (Å²) in [6.45, 7) is 11.4. The minimum Gasteiger partial charge on any atom is -0.412 e. The van der Waals surface area contributed by atoms with Gasteiger partial charge in [0.05, 0.1) is 0 Å². The van der Waals surface area contributed by atoms with E-state index in [1.807, 2.05) is 0 Å². The molecule has 0 saturated heterocycles. The Hall–Kier alpha value is 1.48. The van der Waals surface area contributed by atoms with Gasteiger partial charge in [0.15, 0.2) is 0 Å². The van der Waals surface area contributed by atoms with Crippen molar-refractivity contribution in [3.8, 4) is 0 Å². The monoisotopic (exact) mass is 408 g/mol. The Kier molecular flexibility index (Phi) is 253. The Morgan fingerprint density at radius 3 is 0.769 bits per heavy atom. The van der Waals surface area contributed by atoms with Crippen molar-refractivity contribution < 1.29 is 16.4 Å². The molecule has 0 aliphatic heterocycles. The van der Waals surface area contributed by atoms with Crippen LogP contribution in [0.25, 0.3) is 0 Å². The van der Waals surface area contributed by atoms with E-state index in [0.29, 0.717) is 0 Å². The fourth-order valence-corrected chi connectivity index (χ4v) is 0. The molecule has 0 fully saturated rings. The molecule has 5 heteroatoms. The van der Waals surface area contributed by atoms with E-state index in [2.05, 4.69) is 27.7 Å². The van der Waals surface area contributed by atoms with Gasteiger partial charge in [-0.05, 0) is 0 Å². The van der Waals surface area contributed by atoms with E-state index < -0.39 is 0 Å². The van der Waals surface area contributed by atoms with Crippen molar-refractivity contribution in [2.75, 3.05) is 0 Å². The normalized spacial score (nSPS) is 4.62. The van der Waals surface area contributed by atoms with Crippen LogP contribution in [0.4, 0.5) is 0 Å². The molecule has 13 heavy (non-hydrogen) atoms. The Balaban J connectivity index is -0.00000000800. The van der Waals surface area contributed by atoms with Gasteiger partial charge >= 0.3 is 0 Å². The molecule has 0 rings (SSSR count). The summed E-state index contributed by atoms with van der Waals surface area (Å²) in [6.07, 6.45) is 4.56. The summed E-state index contributed by atoms with van der Waals surface area (Å²) in [4.78, 5) is 0. The molecule has 10 radical (unpaired) electrons. The van der Waals surface area contributed by atoms with Gasteiger partial charge in [0, 0.05) is 47.8 Å². The van der Waals surface area contributed by atoms with Gasteiger partial charge in [-0.25, -0.2) is 0 Å². The molecule has 0 aromatic heterocycles. The third kappa shape index (κ3) is 147. The van der Waals surface area contributed by atoms with Crippen LogP contribution in [0.5, 0.6) is 0 Å². The predicted octanol–water partition coefficient (Wildman–Crippen LogP) is 0.00548. The molecule has 0 saturated carbocycles. The Labute approximate surface area is 117 Å². The second kappa shape index (κ2) is 69.9. The zero-order valence-electron chi connectivity index (χ0n) is 8.74. The Bertz CT molecular complexity index is 25.4. The summed E-state index contributed by atoms with van der Waals surface area (Å²) >= 11 is 0. The van der Waals surface area contributed by atoms with Crippen molar-refractivity contribution in [1.29, 1.82) is 0 Å². The summed E-state index contributed by atoms with van der Waals surface area (Å²) in [5.41, 5.74) is 0. The van der Waals surface area contributed by atoms with Crippen molar-refractivity contribution >= 4 is 47.8 Å². The zero-order valence-corrected chi connectivity index (χ0v) is 14.5. The van der Waals surface area contributed by atoms with Crippen LogP contribution in [0.3, 0.4) is 0 Å². The van der Waals surface area contributed by atoms with Gasteiger partial charge in [0.2, 0.25) is 0 Å². The van der Waals surface area contributed by atoms with E-state index in [-0.39, 0.29) is 64.2 Å². The summed E-state index contributed by atoms with van der Waals surface area (Å²) in [5, 5.41) is 0. The topological polar surface area (TPSA) is 94.5 Å². The molecular weight excluding hydrogens is 382 g/mol. The standard InChI is InChI=1S/2C4H9.3H2O.2Sn/c2*1-3-4-2;;;;;/h2*1,3-4H2,2H3;3*1H2;;. The van der Waals surface area contributed by atoms with Gasteiger partial charge in [-0.1, -0.05) is 53.4 Å². The minimum atomic E-state index is 0. The summed E-state index contributed by atoms with van der Waals surface area (Å²) in [6, 6.07) is 0. The van der Waals surface area contributed by atoms with Crippen molar-refractivity contribution in [3.63, 3.8) is 0 Å². The summed E-state index contributed by atoms with van der Waals surface area (Å²) < 4.78 is 0. The van der Waals surface area contributed by atoms with Gasteiger partial charge in [-0.15, -0.1) is 0 Å². The molecule has 0 heterocycles. The van der Waals surface area contributed by atoms with Gasteiger partial charge in [0.1, 0.15) is 0 Å². The molecule has 0 spiro atoms. The predicted molar refractivity (Wildman–Crippen MR) is 62.9 cm³/mol. The molecule has 6 N–H and O–H groups in total. The SMILES string of the molecule is O.O.O.[CH2]CCC.[CH2]CCC.[Sn].[Sn]. The molecule has 0 aromatic rings. The van der Waals surface area contributed by atoms with Gasteiger partial charge in [0.25, 0.3) is 0 Å². The van der Waals surface area contributed by atoms with E-state index in [9.17, 15) is 0 Å². The maximum absolute atomic E-state index is 3.60. The third-order valence-electron chi connectivity index (χ3n) is 0.707. The maximum Gasteiger partial charge on any atom is 0 e. The van der Waals surface area contributed by atoms with E-state index in [0.717, 1.165) is 12.8 Å². The first kappa shape index (κ1) is 47.0. The van der Waals surface area contributed by atoms with Crippen molar-refractivity contribution in [3.05, 3.63) is 13.8 Å². The largest absolute Gasteiger partial charge is 0.412 e. The fraction of sp³-hybridized carbons (Fsp3) is 0.750. The second-order valence-corrected chi connectivity index (χ2v) is 1.71. The molecule has 0 aliphatic rings. The van der Waals surface area contributed by atoms with E-state index in [1.165, 1.54) is 12.8 Å². The third-order valence-corrected chi connectivity index (χ3v) is 0.707. The molecule has 0 atom stereocenters. The summed E-state index contributed by atoms with van der Waals surface area (Å²) in [7, 11) is 0. The zero-order chi connectivity index (χ0) is 6.83. The maximum atomic E-state index is 3.60. The number of hydrogen-bond acceptors (Lipinski definition) is 0. The van der Waals surface area contributed by atoms with E-state index in [4.69, 9.17) is 0 Å². The van der Waals surface area contributed by atoms with Crippen molar-refractivity contribution in [2.24, 2.45) is 0 Å². The smallest absolute Gasteiger partial charge is 0 e. The van der Waals surface area contributed by atoms with Crippen molar-refractivity contribution in [1.82, 2.24) is 0 Å². The first-order valence-electron chi connectivity index (χ1n) is 3.41. The van der Waals surface area contributed by atoms with Crippen LogP contribution in [0.2, 0.25) is 0 Å². The molecule has 0 bridgehead atoms. The first-order valence-corrected chi connectivity index (χ1v) is 3.41. The average Bonchev–Trinajstić information content (AvgIpc) is 1.88. The van der Waals surface area contributed by atoms with Crippen LogP contribution < -0.4 is 0 Å². The minimum absolute atomic E-state index is 0. The molecule has 3 nitrogen and oxygen atoms in total.